The maximum Gasteiger partial charge on any atom is 0.305 e. The summed E-state index contributed by atoms with van der Waals surface area (Å²) in [7, 11) is 3.97. The molecule has 0 aliphatic carbocycles. The predicted octanol–water partition coefficient (Wildman–Crippen LogP) is 4.09. The van der Waals surface area contributed by atoms with Crippen molar-refractivity contribution >= 4 is 27.6 Å². The molecule has 0 aromatic heterocycles. The van der Waals surface area contributed by atoms with Crippen molar-refractivity contribution in [1.82, 2.24) is 0 Å². The van der Waals surface area contributed by atoms with Crippen LogP contribution in [0.25, 0.3) is 0 Å². The van der Waals surface area contributed by atoms with E-state index in [1.165, 1.54) is 18.6 Å². The monoisotopic (exact) mass is 394 g/mol. The largest absolute Gasteiger partial charge is 0.463 e. The molecule has 1 saturated heterocycles. The van der Waals surface area contributed by atoms with Gasteiger partial charge in [0.2, 0.25) is 0 Å². The van der Waals surface area contributed by atoms with Crippen molar-refractivity contribution in [1.29, 1.82) is 0 Å². The van der Waals surface area contributed by atoms with Gasteiger partial charge >= 0.3 is 5.97 Å². The Labute approximate surface area is 160 Å². The molecule has 0 amide bonds. The molecule has 0 N–H and O–H groups in total. The topological polar surface area (TPSA) is 54.0 Å². The SMILES string of the molecule is CCCCOCCOCCOCCOC(=O)CCCCC1CCSS1. The van der Waals surface area contributed by atoms with Gasteiger partial charge in [0.05, 0.1) is 33.0 Å². The summed E-state index contributed by atoms with van der Waals surface area (Å²) in [6.45, 7) is 6.00. The number of hydrogen-bond acceptors (Lipinski definition) is 7. The van der Waals surface area contributed by atoms with Crippen LogP contribution in [0.1, 0.15) is 51.9 Å². The van der Waals surface area contributed by atoms with Crippen molar-refractivity contribution in [2.45, 2.75) is 57.1 Å². The van der Waals surface area contributed by atoms with E-state index < -0.39 is 0 Å². The van der Waals surface area contributed by atoms with Gasteiger partial charge in [0, 0.05) is 24.0 Å². The Morgan fingerprint density at radius 2 is 1.60 bits per heavy atom. The summed E-state index contributed by atoms with van der Waals surface area (Å²) in [5.41, 5.74) is 0. The molecule has 0 bridgehead atoms. The van der Waals surface area contributed by atoms with E-state index in [0.717, 1.165) is 37.5 Å². The van der Waals surface area contributed by atoms with Gasteiger partial charge in [-0.1, -0.05) is 41.4 Å². The summed E-state index contributed by atoms with van der Waals surface area (Å²) in [6, 6.07) is 0. The molecule has 148 valence electrons. The molecule has 1 aliphatic heterocycles. The number of rotatable bonds is 17. The Bertz CT molecular complexity index is 312. The Balaban J connectivity index is 1.73. The molecule has 5 nitrogen and oxygen atoms in total. The van der Waals surface area contributed by atoms with E-state index in [1.807, 2.05) is 21.6 Å². The van der Waals surface area contributed by atoms with Gasteiger partial charge in [-0.15, -0.1) is 0 Å². The summed E-state index contributed by atoms with van der Waals surface area (Å²) in [4.78, 5) is 11.6. The Morgan fingerprint density at radius 3 is 2.24 bits per heavy atom. The first-order valence-corrected chi connectivity index (χ1v) is 11.9. The van der Waals surface area contributed by atoms with Gasteiger partial charge in [-0.2, -0.15) is 0 Å². The van der Waals surface area contributed by atoms with E-state index in [0.29, 0.717) is 46.1 Å². The van der Waals surface area contributed by atoms with Gasteiger partial charge in [0.25, 0.3) is 0 Å². The van der Waals surface area contributed by atoms with Crippen LogP contribution in [0.2, 0.25) is 0 Å². The predicted molar refractivity (Wildman–Crippen MR) is 105 cm³/mol. The van der Waals surface area contributed by atoms with Crippen molar-refractivity contribution in [2.75, 3.05) is 52.0 Å². The van der Waals surface area contributed by atoms with Crippen LogP contribution in [0.5, 0.6) is 0 Å². The van der Waals surface area contributed by atoms with Crippen LogP contribution in [-0.2, 0) is 23.7 Å². The molecule has 25 heavy (non-hydrogen) atoms. The molecule has 7 heteroatoms. The van der Waals surface area contributed by atoms with Crippen molar-refractivity contribution < 1.29 is 23.7 Å². The number of ether oxygens (including phenoxy) is 4. The standard InChI is InChI=1S/C18H34O5S2/c1-2-3-9-20-10-11-21-12-13-22-14-15-23-18(19)7-5-4-6-17-8-16-24-25-17/h17H,2-16H2,1H3. The highest BCUT2D eigenvalue weighted by Gasteiger charge is 2.15. The first-order valence-electron chi connectivity index (χ1n) is 9.50. The fourth-order valence-corrected chi connectivity index (χ4v) is 5.31. The van der Waals surface area contributed by atoms with Crippen molar-refractivity contribution in [3.05, 3.63) is 0 Å². The van der Waals surface area contributed by atoms with Crippen molar-refractivity contribution in [3.63, 3.8) is 0 Å². The molecule has 0 aromatic carbocycles. The highest BCUT2D eigenvalue weighted by molar-refractivity contribution is 8.77. The first-order chi connectivity index (χ1) is 12.3. The van der Waals surface area contributed by atoms with Crippen LogP contribution in [0, 0.1) is 0 Å². The second kappa shape index (κ2) is 17.5. The van der Waals surface area contributed by atoms with Gasteiger partial charge in [-0.3, -0.25) is 4.79 Å². The van der Waals surface area contributed by atoms with Gasteiger partial charge in [-0.05, 0) is 25.7 Å². The number of hydrogen-bond donors (Lipinski definition) is 0. The summed E-state index contributed by atoms with van der Waals surface area (Å²) >= 11 is 0. The molecular weight excluding hydrogens is 360 g/mol. The maximum atomic E-state index is 11.6. The Hall–Kier alpha value is 0.0500. The van der Waals surface area contributed by atoms with Gasteiger partial charge in [-0.25, -0.2) is 0 Å². The summed E-state index contributed by atoms with van der Waals surface area (Å²) in [5.74, 6) is 1.16. The fourth-order valence-electron chi connectivity index (χ4n) is 2.28. The van der Waals surface area contributed by atoms with E-state index in [4.69, 9.17) is 18.9 Å². The third-order valence-corrected chi connectivity index (χ3v) is 6.77. The van der Waals surface area contributed by atoms with E-state index in [1.54, 1.807) is 0 Å². The normalized spacial score (nSPS) is 17.1. The van der Waals surface area contributed by atoms with Gasteiger partial charge < -0.3 is 18.9 Å². The lowest BCUT2D eigenvalue weighted by atomic mass is 10.1. The molecule has 0 aromatic rings. The Morgan fingerprint density at radius 1 is 0.920 bits per heavy atom. The van der Waals surface area contributed by atoms with Crippen LogP contribution >= 0.6 is 21.6 Å². The minimum absolute atomic E-state index is 0.113. The van der Waals surface area contributed by atoms with Gasteiger partial charge in [0.1, 0.15) is 6.61 Å². The molecule has 0 radical (unpaired) electrons. The molecule has 1 atom stereocenters. The minimum Gasteiger partial charge on any atom is -0.463 e. The average molecular weight is 395 g/mol. The van der Waals surface area contributed by atoms with Gasteiger partial charge in [0.15, 0.2) is 0 Å². The quantitative estimate of drug-likeness (QED) is 0.209. The smallest absolute Gasteiger partial charge is 0.305 e. The molecule has 0 spiro atoms. The molecular formula is C18H34O5S2. The highest BCUT2D eigenvalue weighted by Crippen LogP contribution is 2.39. The zero-order valence-electron chi connectivity index (χ0n) is 15.5. The zero-order chi connectivity index (χ0) is 18.0. The number of esters is 1. The highest BCUT2D eigenvalue weighted by atomic mass is 33.1. The van der Waals surface area contributed by atoms with E-state index >= 15 is 0 Å². The third-order valence-electron chi connectivity index (χ3n) is 3.76. The first kappa shape index (κ1) is 23.1. The number of carbonyl (C=O) groups is 1. The molecule has 1 aliphatic rings. The number of carbonyl (C=O) groups excluding carboxylic acids is 1. The van der Waals surface area contributed by atoms with Crippen LogP contribution in [-0.4, -0.2) is 63.2 Å². The van der Waals surface area contributed by atoms with Crippen molar-refractivity contribution in [3.8, 4) is 0 Å². The summed E-state index contributed by atoms with van der Waals surface area (Å²) in [5, 5.41) is 0.791. The fraction of sp³-hybridized carbons (Fsp3) is 0.944. The van der Waals surface area contributed by atoms with Crippen LogP contribution < -0.4 is 0 Å². The second-order valence-electron chi connectivity index (χ2n) is 5.99. The summed E-state index contributed by atoms with van der Waals surface area (Å²) in [6.07, 6.45) is 7.34. The molecule has 1 unspecified atom stereocenters. The lowest BCUT2D eigenvalue weighted by molar-refractivity contribution is -0.145. The lowest BCUT2D eigenvalue weighted by Crippen LogP contribution is -2.14. The number of unbranched alkanes of at least 4 members (excludes halogenated alkanes) is 2. The minimum atomic E-state index is -0.113. The lowest BCUT2D eigenvalue weighted by Gasteiger charge is -2.08. The van der Waals surface area contributed by atoms with Crippen LogP contribution in [0.4, 0.5) is 0 Å². The van der Waals surface area contributed by atoms with Crippen LogP contribution in [0.3, 0.4) is 0 Å². The third kappa shape index (κ3) is 14.9. The van der Waals surface area contributed by atoms with Crippen molar-refractivity contribution in [2.24, 2.45) is 0 Å². The van der Waals surface area contributed by atoms with E-state index in [2.05, 4.69) is 6.92 Å². The molecule has 1 rings (SSSR count). The van der Waals surface area contributed by atoms with E-state index in [-0.39, 0.29) is 5.97 Å². The average Bonchev–Trinajstić information content (AvgIpc) is 3.13. The Kier molecular flexibility index (Phi) is 16.1. The zero-order valence-corrected chi connectivity index (χ0v) is 17.2. The molecule has 1 fully saturated rings. The van der Waals surface area contributed by atoms with Crippen LogP contribution in [0.15, 0.2) is 0 Å². The summed E-state index contributed by atoms with van der Waals surface area (Å²) < 4.78 is 21.3. The molecule has 1 heterocycles. The maximum absolute atomic E-state index is 11.6. The second-order valence-corrected chi connectivity index (χ2v) is 8.77. The molecule has 0 saturated carbocycles. The van der Waals surface area contributed by atoms with E-state index in [9.17, 15) is 4.79 Å².